The lowest BCUT2D eigenvalue weighted by molar-refractivity contribution is 1.71. The Morgan fingerprint density at radius 3 is 0.900 bits per heavy atom. The van der Waals surface area contributed by atoms with Gasteiger partial charge in [0, 0.05) is 0 Å². The summed E-state index contributed by atoms with van der Waals surface area (Å²) in [4.78, 5) is 0. The van der Waals surface area contributed by atoms with E-state index in [1.165, 1.54) is 15.6 Å². The zero-order chi connectivity index (χ0) is 12.9. The lowest BCUT2D eigenvalue weighted by Crippen LogP contribution is -2.51. The van der Waals surface area contributed by atoms with Gasteiger partial charge in [-0.1, -0.05) is 107 Å². The van der Waals surface area contributed by atoms with Crippen LogP contribution in [0.3, 0.4) is 0 Å². The Morgan fingerprint density at radius 1 is 0.400 bits per heavy atom. The lowest BCUT2D eigenvalue weighted by Gasteiger charge is -2.16. The molecule has 0 bridgehead atoms. The number of hydrogen-bond donors (Lipinski definition) is 1. The van der Waals surface area contributed by atoms with Crippen molar-refractivity contribution in [2.24, 2.45) is 0 Å². The summed E-state index contributed by atoms with van der Waals surface area (Å²) in [6.07, 6.45) is 0. The highest BCUT2D eigenvalue weighted by Crippen LogP contribution is 1.95. The normalized spacial score (nSPS) is 10.1. The smallest absolute Gasteiger partial charge is 0.132 e. The van der Waals surface area contributed by atoms with E-state index in [1.54, 1.807) is 0 Å². The molecule has 0 atom stereocenters. The molecular formula is C18H19NSi. The van der Waals surface area contributed by atoms with Gasteiger partial charge in [-0.25, -0.2) is 0 Å². The molecule has 0 spiro atoms. The molecule has 0 unspecified atom stereocenters. The average Bonchev–Trinajstić information content (AvgIpc) is 2.51. The maximum Gasteiger partial charge on any atom is 0.132 e. The number of hydrogen-bond acceptors (Lipinski definition) is 1. The van der Waals surface area contributed by atoms with Crippen molar-refractivity contribution in [2.45, 2.75) is 0 Å². The fourth-order valence-electron chi connectivity index (χ4n) is 2.51. The Morgan fingerprint density at radius 2 is 0.650 bits per heavy atom. The van der Waals surface area contributed by atoms with Crippen LogP contribution in [-0.2, 0) is 0 Å². The molecule has 100 valence electrons. The molecule has 3 aromatic carbocycles. The molecule has 3 aromatic rings. The first kappa shape index (κ1) is 14.3. The summed E-state index contributed by atoms with van der Waals surface area (Å²) in [5, 5.41) is 4.42. The van der Waals surface area contributed by atoms with Crippen molar-refractivity contribution in [1.29, 1.82) is 0 Å². The monoisotopic (exact) mass is 277 g/mol. The van der Waals surface area contributed by atoms with Crippen LogP contribution in [0.15, 0.2) is 91.0 Å². The van der Waals surface area contributed by atoms with Crippen molar-refractivity contribution < 1.29 is 0 Å². The molecule has 0 aliphatic rings. The highest BCUT2D eigenvalue weighted by molar-refractivity contribution is 6.95. The molecule has 0 heterocycles. The SMILES string of the molecule is N.c1ccc([SiH](c2ccccc2)c2ccccc2)cc1. The maximum absolute atomic E-state index is 2.26. The summed E-state index contributed by atoms with van der Waals surface area (Å²) in [6, 6.07) is 32.7. The van der Waals surface area contributed by atoms with Crippen LogP contribution in [0.2, 0.25) is 0 Å². The first-order valence-corrected chi connectivity index (χ1v) is 8.33. The van der Waals surface area contributed by atoms with Gasteiger partial charge in [-0.15, -0.1) is 0 Å². The van der Waals surface area contributed by atoms with Gasteiger partial charge in [-0.3, -0.25) is 0 Å². The van der Waals surface area contributed by atoms with Gasteiger partial charge >= 0.3 is 0 Å². The predicted molar refractivity (Wildman–Crippen MR) is 90.4 cm³/mol. The first-order chi connectivity index (χ1) is 9.45. The van der Waals surface area contributed by atoms with Gasteiger partial charge in [0.2, 0.25) is 0 Å². The van der Waals surface area contributed by atoms with E-state index in [4.69, 9.17) is 0 Å². The van der Waals surface area contributed by atoms with Crippen LogP contribution < -0.4 is 21.7 Å². The first-order valence-electron chi connectivity index (χ1n) is 6.60. The summed E-state index contributed by atoms with van der Waals surface area (Å²) in [6.45, 7) is 0. The third-order valence-corrected chi connectivity index (χ3v) is 6.55. The van der Waals surface area contributed by atoms with Crippen LogP contribution in [0, 0.1) is 0 Å². The molecule has 0 saturated carbocycles. The summed E-state index contributed by atoms with van der Waals surface area (Å²) in [5.41, 5.74) is 0. The fraction of sp³-hybridized carbons (Fsp3) is 0. The van der Waals surface area contributed by atoms with Crippen molar-refractivity contribution in [3.05, 3.63) is 91.0 Å². The second kappa shape index (κ2) is 6.85. The molecule has 3 rings (SSSR count). The van der Waals surface area contributed by atoms with Crippen molar-refractivity contribution >= 4 is 24.4 Å². The van der Waals surface area contributed by atoms with Gasteiger partial charge in [0.25, 0.3) is 0 Å². The predicted octanol–water partition coefficient (Wildman–Crippen LogP) is 2.10. The zero-order valence-corrected chi connectivity index (χ0v) is 12.6. The highest BCUT2D eigenvalue weighted by Gasteiger charge is 2.17. The van der Waals surface area contributed by atoms with Crippen LogP contribution in [0.1, 0.15) is 0 Å². The maximum atomic E-state index is 2.26. The minimum Gasteiger partial charge on any atom is -0.344 e. The molecule has 20 heavy (non-hydrogen) atoms. The molecule has 0 aliphatic carbocycles. The summed E-state index contributed by atoms with van der Waals surface area (Å²) >= 11 is 0. The molecule has 0 radical (unpaired) electrons. The Hall–Kier alpha value is -2.16. The summed E-state index contributed by atoms with van der Waals surface area (Å²) in [7, 11) is -1.31. The third kappa shape index (κ3) is 3.04. The summed E-state index contributed by atoms with van der Waals surface area (Å²) < 4.78 is 0. The van der Waals surface area contributed by atoms with Crippen molar-refractivity contribution in [1.82, 2.24) is 6.15 Å². The van der Waals surface area contributed by atoms with Gasteiger partial charge in [0.15, 0.2) is 0 Å². The standard InChI is InChI=1S/C18H16Si.H3N/c1-4-10-16(11-5-1)19(17-12-6-2-7-13-17)18-14-8-3-9-15-18;/h1-15,19H;1H3. The van der Waals surface area contributed by atoms with Gasteiger partial charge in [-0.2, -0.15) is 0 Å². The Bertz CT molecular complexity index is 529. The molecule has 0 aliphatic heterocycles. The number of benzene rings is 3. The molecular weight excluding hydrogens is 258 g/mol. The lowest BCUT2D eigenvalue weighted by atomic mass is 10.3. The van der Waals surface area contributed by atoms with Gasteiger partial charge in [-0.05, 0) is 0 Å². The van der Waals surface area contributed by atoms with Crippen LogP contribution in [0.4, 0.5) is 0 Å². The zero-order valence-electron chi connectivity index (χ0n) is 11.4. The van der Waals surface area contributed by atoms with E-state index in [0.717, 1.165) is 0 Å². The van der Waals surface area contributed by atoms with E-state index >= 15 is 0 Å². The second-order valence-electron chi connectivity index (χ2n) is 4.67. The summed E-state index contributed by atoms with van der Waals surface area (Å²) in [5.74, 6) is 0. The van der Waals surface area contributed by atoms with E-state index in [0.29, 0.717) is 0 Å². The van der Waals surface area contributed by atoms with Crippen LogP contribution in [-0.4, -0.2) is 8.80 Å². The van der Waals surface area contributed by atoms with E-state index in [9.17, 15) is 0 Å². The molecule has 0 saturated heterocycles. The van der Waals surface area contributed by atoms with E-state index in [-0.39, 0.29) is 6.15 Å². The minimum atomic E-state index is -1.31. The fourth-order valence-corrected chi connectivity index (χ4v) is 5.49. The Labute approximate surface area is 122 Å². The largest absolute Gasteiger partial charge is 0.344 e. The van der Waals surface area contributed by atoms with E-state index < -0.39 is 8.80 Å². The quantitative estimate of drug-likeness (QED) is 0.577. The molecule has 0 fully saturated rings. The van der Waals surface area contributed by atoms with Crippen molar-refractivity contribution in [3.8, 4) is 0 Å². The van der Waals surface area contributed by atoms with E-state index in [1.807, 2.05) is 0 Å². The molecule has 0 amide bonds. The van der Waals surface area contributed by atoms with Gasteiger partial charge in [0.1, 0.15) is 8.80 Å². The van der Waals surface area contributed by atoms with Gasteiger partial charge < -0.3 is 6.15 Å². The average molecular weight is 277 g/mol. The topological polar surface area (TPSA) is 35.0 Å². The van der Waals surface area contributed by atoms with Crippen LogP contribution in [0.25, 0.3) is 0 Å². The third-order valence-electron chi connectivity index (χ3n) is 3.40. The van der Waals surface area contributed by atoms with Crippen molar-refractivity contribution in [2.75, 3.05) is 0 Å². The molecule has 0 aromatic heterocycles. The van der Waals surface area contributed by atoms with Crippen LogP contribution in [0.5, 0.6) is 0 Å². The second-order valence-corrected chi connectivity index (χ2v) is 7.53. The Balaban J connectivity index is 0.00000147. The van der Waals surface area contributed by atoms with Crippen molar-refractivity contribution in [3.63, 3.8) is 0 Å². The highest BCUT2D eigenvalue weighted by atomic mass is 28.3. The molecule has 2 heteroatoms. The van der Waals surface area contributed by atoms with E-state index in [2.05, 4.69) is 91.0 Å². The number of rotatable bonds is 3. The van der Waals surface area contributed by atoms with Gasteiger partial charge in [0.05, 0.1) is 0 Å². The van der Waals surface area contributed by atoms with Crippen LogP contribution >= 0.6 is 0 Å². The Kier molecular flexibility index (Phi) is 4.88. The molecule has 3 N–H and O–H groups in total. The molecule has 1 nitrogen and oxygen atoms in total. The minimum absolute atomic E-state index is 0.